The summed E-state index contributed by atoms with van der Waals surface area (Å²) in [7, 11) is 2.00. The molecule has 0 spiro atoms. The topological polar surface area (TPSA) is 88.1 Å². The summed E-state index contributed by atoms with van der Waals surface area (Å²) < 4.78 is 2.04. The largest absolute Gasteiger partial charge is 0.353 e. The molecule has 2 N–H and O–H groups in total. The van der Waals surface area contributed by atoms with Gasteiger partial charge in [0.05, 0.1) is 45.6 Å². The van der Waals surface area contributed by atoms with Gasteiger partial charge in [-0.2, -0.15) is 5.10 Å². The summed E-state index contributed by atoms with van der Waals surface area (Å²) in [4.78, 5) is 19.6. The normalized spacial score (nSPS) is 11.7. The lowest BCUT2D eigenvalue weighted by atomic mass is 10.1. The van der Waals surface area contributed by atoms with E-state index >= 15 is 0 Å². The van der Waals surface area contributed by atoms with E-state index in [4.69, 9.17) is 0 Å². The summed E-state index contributed by atoms with van der Waals surface area (Å²) in [5, 5.41) is 9.80. The number of H-pyrrole nitrogens is 2. The Morgan fingerprint density at radius 2 is 1.77 bits per heavy atom. The minimum Gasteiger partial charge on any atom is -0.353 e. The molecule has 6 rings (SSSR count). The Morgan fingerprint density at radius 1 is 0.903 bits per heavy atom. The third kappa shape index (κ3) is 2.79. The summed E-state index contributed by atoms with van der Waals surface area (Å²) in [5.74, 6) is 0.948. The number of aryl methyl sites for hydroxylation is 2. The van der Waals surface area contributed by atoms with Gasteiger partial charge >= 0.3 is 0 Å². The molecule has 0 saturated heterocycles. The molecular weight excluding hydrogens is 406 g/mol. The van der Waals surface area contributed by atoms with E-state index in [-0.39, 0.29) is 0 Å². The van der Waals surface area contributed by atoms with Crippen LogP contribution in [0.25, 0.3) is 55.2 Å². The number of hydrogen-bond donors (Lipinski definition) is 2. The number of aromatic nitrogens is 7. The van der Waals surface area contributed by atoms with Crippen molar-refractivity contribution in [1.82, 2.24) is 34.7 Å². The molecule has 0 saturated carbocycles. The second-order valence-corrected chi connectivity index (χ2v) is 8.94. The van der Waals surface area contributed by atoms with Crippen LogP contribution in [0.2, 0.25) is 0 Å². The summed E-state index contributed by atoms with van der Waals surface area (Å²) in [6.07, 6.45) is 5.53. The zero-order chi connectivity index (χ0) is 21.1. The van der Waals surface area contributed by atoms with Crippen LogP contribution in [0.3, 0.4) is 0 Å². The first-order valence-corrected chi connectivity index (χ1v) is 10.8. The molecule has 0 aliphatic rings. The molecule has 0 radical (unpaired) electrons. The van der Waals surface area contributed by atoms with Crippen molar-refractivity contribution in [2.45, 2.75) is 13.8 Å². The van der Waals surface area contributed by atoms with Gasteiger partial charge in [-0.25, -0.2) is 4.98 Å². The Bertz CT molecular complexity index is 1580. The first-order chi connectivity index (χ1) is 15.1. The number of nitrogens with one attached hydrogen (secondary N) is 2. The van der Waals surface area contributed by atoms with Crippen molar-refractivity contribution in [3.8, 4) is 33.3 Å². The van der Waals surface area contributed by atoms with Crippen LogP contribution in [-0.4, -0.2) is 34.7 Å². The molecule has 6 aromatic rings. The van der Waals surface area contributed by atoms with Crippen LogP contribution >= 0.6 is 11.3 Å². The minimum atomic E-state index is 0.863. The van der Waals surface area contributed by atoms with E-state index in [1.165, 1.54) is 9.75 Å². The molecule has 0 atom stereocenters. The number of pyridine rings is 2. The lowest BCUT2D eigenvalue weighted by Gasteiger charge is -2.03. The van der Waals surface area contributed by atoms with Crippen LogP contribution in [0.4, 0.5) is 0 Å². The van der Waals surface area contributed by atoms with Crippen LogP contribution in [0, 0.1) is 13.8 Å². The van der Waals surface area contributed by atoms with Gasteiger partial charge in [-0.05, 0) is 44.2 Å². The van der Waals surface area contributed by atoms with E-state index in [0.717, 1.165) is 56.1 Å². The molecule has 0 unspecified atom stereocenters. The van der Waals surface area contributed by atoms with Gasteiger partial charge in [-0.15, -0.1) is 11.3 Å². The maximum atomic E-state index is 4.66. The van der Waals surface area contributed by atoms with Crippen molar-refractivity contribution >= 4 is 33.1 Å². The van der Waals surface area contributed by atoms with Gasteiger partial charge in [0, 0.05) is 34.4 Å². The molecule has 0 aliphatic carbocycles. The smallest absolute Gasteiger partial charge is 0.116 e. The predicted octanol–water partition coefficient (Wildman–Crippen LogP) is 5.25. The van der Waals surface area contributed by atoms with Crippen LogP contribution in [0.1, 0.15) is 10.7 Å². The zero-order valence-corrected chi connectivity index (χ0v) is 18.1. The number of nitrogens with zero attached hydrogens (tertiary/aromatic N) is 5. The van der Waals surface area contributed by atoms with Crippen molar-refractivity contribution in [3.63, 3.8) is 0 Å². The molecule has 31 heavy (non-hydrogen) atoms. The Kier molecular flexibility index (Phi) is 3.85. The first kappa shape index (κ1) is 18.0. The standard InChI is InChI=1S/C23H19N7S/c1-12-4-5-21(31-12)23-14-9-18(27-16(14)6-7-24-23)22-15-8-17(26-10-19(15)28-29-22)20-11-25-13(2)30(20)3/h4-11,27H,1-3H3,(H,28,29). The fourth-order valence-corrected chi connectivity index (χ4v) is 4.82. The molecule has 0 aliphatic heterocycles. The average molecular weight is 426 g/mol. The predicted molar refractivity (Wildman–Crippen MR) is 124 cm³/mol. The van der Waals surface area contributed by atoms with Crippen molar-refractivity contribution < 1.29 is 0 Å². The molecule has 6 heterocycles. The Labute approximate surface area is 181 Å². The summed E-state index contributed by atoms with van der Waals surface area (Å²) in [5.41, 5.74) is 6.57. The van der Waals surface area contributed by atoms with E-state index < -0.39 is 0 Å². The van der Waals surface area contributed by atoms with E-state index in [9.17, 15) is 0 Å². The highest BCUT2D eigenvalue weighted by Gasteiger charge is 2.16. The van der Waals surface area contributed by atoms with Crippen molar-refractivity contribution in [3.05, 3.63) is 59.6 Å². The number of hydrogen-bond acceptors (Lipinski definition) is 5. The highest BCUT2D eigenvalue weighted by Crippen LogP contribution is 2.35. The van der Waals surface area contributed by atoms with Crippen LogP contribution in [0.5, 0.6) is 0 Å². The Hall–Kier alpha value is -3.78. The van der Waals surface area contributed by atoms with Crippen LogP contribution in [0.15, 0.2) is 48.9 Å². The SMILES string of the molecule is Cc1ccc(-c2nccc3[nH]c(-c4n[nH]c5cnc(-c6cnc(C)n6C)cc45)cc23)s1. The highest BCUT2D eigenvalue weighted by molar-refractivity contribution is 7.15. The third-order valence-electron chi connectivity index (χ3n) is 5.71. The quantitative estimate of drug-likeness (QED) is 0.405. The van der Waals surface area contributed by atoms with E-state index in [0.29, 0.717) is 0 Å². The number of thiophene rings is 1. The van der Waals surface area contributed by atoms with Gasteiger partial charge in [-0.1, -0.05) is 0 Å². The Balaban J connectivity index is 1.52. The van der Waals surface area contributed by atoms with Crippen LogP contribution < -0.4 is 0 Å². The minimum absolute atomic E-state index is 0.863. The van der Waals surface area contributed by atoms with E-state index in [1.807, 2.05) is 43.2 Å². The number of rotatable bonds is 3. The van der Waals surface area contributed by atoms with Gasteiger partial charge in [0.2, 0.25) is 0 Å². The van der Waals surface area contributed by atoms with E-state index in [2.05, 4.69) is 61.3 Å². The van der Waals surface area contributed by atoms with E-state index in [1.54, 1.807) is 11.3 Å². The number of imidazole rings is 1. The fraction of sp³-hybridized carbons (Fsp3) is 0.130. The monoisotopic (exact) mass is 425 g/mol. The summed E-state index contributed by atoms with van der Waals surface area (Å²) in [6.45, 7) is 4.10. The van der Waals surface area contributed by atoms with Crippen molar-refractivity contribution in [2.75, 3.05) is 0 Å². The molecule has 7 nitrogen and oxygen atoms in total. The average Bonchev–Trinajstić information content (AvgIpc) is 3.54. The maximum absolute atomic E-state index is 4.66. The highest BCUT2D eigenvalue weighted by atomic mass is 32.1. The maximum Gasteiger partial charge on any atom is 0.116 e. The van der Waals surface area contributed by atoms with Gasteiger partial charge in [0.1, 0.15) is 11.5 Å². The lowest BCUT2D eigenvalue weighted by molar-refractivity contribution is 0.862. The van der Waals surface area contributed by atoms with Crippen molar-refractivity contribution in [1.29, 1.82) is 0 Å². The molecule has 152 valence electrons. The lowest BCUT2D eigenvalue weighted by Crippen LogP contribution is -1.95. The number of aromatic amines is 2. The Morgan fingerprint density at radius 3 is 2.55 bits per heavy atom. The first-order valence-electron chi connectivity index (χ1n) is 9.96. The second-order valence-electron chi connectivity index (χ2n) is 7.65. The number of fused-ring (bicyclic) bond motifs is 2. The van der Waals surface area contributed by atoms with Gasteiger partial charge in [0.25, 0.3) is 0 Å². The molecule has 6 aromatic heterocycles. The molecule has 8 heteroatoms. The second kappa shape index (κ2) is 6.61. The summed E-state index contributed by atoms with van der Waals surface area (Å²) in [6, 6.07) is 10.5. The van der Waals surface area contributed by atoms with Gasteiger partial charge in [-0.3, -0.25) is 15.1 Å². The van der Waals surface area contributed by atoms with Gasteiger partial charge < -0.3 is 9.55 Å². The molecule has 0 aromatic carbocycles. The summed E-state index contributed by atoms with van der Waals surface area (Å²) >= 11 is 1.75. The van der Waals surface area contributed by atoms with Crippen LogP contribution in [-0.2, 0) is 7.05 Å². The molecule has 0 bridgehead atoms. The molecular formula is C23H19N7S. The zero-order valence-electron chi connectivity index (χ0n) is 17.3. The third-order valence-corrected chi connectivity index (χ3v) is 6.71. The fourth-order valence-electron chi connectivity index (χ4n) is 3.94. The molecule has 0 amide bonds. The molecule has 0 fully saturated rings. The van der Waals surface area contributed by atoms with Crippen molar-refractivity contribution in [2.24, 2.45) is 7.05 Å². The van der Waals surface area contributed by atoms with Gasteiger partial charge in [0.15, 0.2) is 0 Å².